The number of carbonyl (C=O) groups excluding carboxylic acids is 2. The Labute approximate surface area is 106 Å². The van der Waals surface area contributed by atoms with E-state index in [-0.39, 0.29) is 11.8 Å². The van der Waals surface area contributed by atoms with Gasteiger partial charge in [-0.05, 0) is 32.0 Å². The first kappa shape index (κ1) is 13.6. The van der Waals surface area contributed by atoms with E-state index in [4.69, 9.17) is 0 Å². The third-order valence-electron chi connectivity index (χ3n) is 2.20. The summed E-state index contributed by atoms with van der Waals surface area (Å²) < 4.78 is 0. The van der Waals surface area contributed by atoms with Gasteiger partial charge >= 0.3 is 0 Å². The molecule has 0 aliphatic heterocycles. The molecule has 92 valence electrons. The van der Waals surface area contributed by atoms with Crippen molar-refractivity contribution in [1.82, 2.24) is 10.6 Å². The molecule has 0 fully saturated rings. The SMILES string of the molecule is CCNC(=O)C(C)NC(=O)c1cccc(S)c1. The Hall–Kier alpha value is -1.49. The van der Waals surface area contributed by atoms with E-state index in [1.165, 1.54) is 0 Å². The second-order valence-corrected chi connectivity index (χ2v) is 4.16. The molecule has 17 heavy (non-hydrogen) atoms. The molecule has 0 aliphatic carbocycles. The molecule has 1 aromatic rings. The van der Waals surface area contributed by atoms with Crippen molar-refractivity contribution >= 4 is 24.4 Å². The summed E-state index contributed by atoms with van der Waals surface area (Å²) in [6, 6.07) is 6.31. The third kappa shape index (κ3) is 4.11. The maximum atomic E-state index is 11.8. The number of rotatable bonds is 4. The molecule has 1 rings (SSSR count). The predicted octanol–water partition coefficient (Wildman–Crippen LogP) is 1.23. The van der Waals surface area contributed by atoms with Crippen LogP contribution >= 0.6 is 12.6 Å². The van der Waals surface area contributed by atoms with Crippen LogP contribution in [0, 0.1) is 0 Å². The second-order valence-electron chi connectivity index (χ2n) is 3.64. The molecule has 0 bridgehead atoms. The molecule has 5 heteroatoms. The number of benzene rings is 1. The average Bonchev–Trinajstić information content (AvgIpc) is 2.29. The standard InChI is InChI=1S/C12H16N2O2S/c1-3-13-11(15)8(2)14-12(16)9-5-4-6-10(17)7-9/h4-8,17H,3H2,1-2H3,(H,13,15)(H,14,16). The summed E-state index contributed by atoms with van der Waals surface area (Å²) in [7, 11) is 0. The quantitative estimate of drug-likeness (QED) is 0.706. The number of nitrogens with one attached hydrogen (secondary N) is 2. The van der Waals surface area contributed by atoms with E-state index in [1.807, 2.05) is 6.92 Å². The van der Waals surface area contributed by atoms with E-state index < -0.39 is 6.04 Å². The van der Waals surface area contributed by atoms with Gasteiger partial charge in [-0.15, -0.1) is 12.6 Å². The predicted molar refractivity (Wildman–Crippen MR) is 69.3 cm³/mol. The van der Waals surface area contributed by atoms with Crippen LogP contribution in [0.3, 0.4) is 0 Å². The van der Waals surface area contributed by atoms with Gasteiger partial charge < -0.3 is 10.6 Å². The largest absolute Gasteiger partial charge is 0.355 e. The number of thiol groups is 1. The van der Waals surface area contributed by atoms with Gasteiger partial charge in [-0.2, -0.15) is 0 Å². The Kier molecular flexibility index (Phi) is 5.03. The highest BCUT2D eigenvalue weighted by Gasteiger charge is 2.15. The van der Waals surface area contributed by atoms with Gasteiger partial charge in [-0.3, -0.25) is 9.59 Å². The van der Waals surface area contributed by atoms with E-state index in [9.17, 15) is 9.59 Å². The van der Waals surface area contributed by atoms with E-state index in [0.29, 0.717) is 17.0 Å². The Morgan fingerprint density at radius 3 is 2.71 bits per heavy atom. The molecule has 0 saturated heterocycles. The van der Waals surface area contributed by atoms with Crippen molar-refractivity contribution in [3.63, 3.8) is 0 Å². The van der Waals surface area contributed by atoms with E-state index in [2.05, 4.69) is 23.3 Å². The number of carbonyl (C=O) groups is 2. The summed E-state index contributed by atoms with van der Waals surface area (Å²) in [6.45, 7) is 4.02. The third-order valence-corrected chi connectivity index (χ3v) is 2.48. The van der Waals surface area contributed by atoms with E-state index in [1.54, 1.807) is 31.2 Å². The number of hydrogen-bond donors (Lipinski definition) is 3. The Balaban J connectivity index is 2.63. The van der Waals surface area contributed by atoms with Crippen molar-refractivity contribution in [1.29, 1.82) is 0 Å². The molecule has 4 nitrogen and oxygen atoms in total. The Bertz CT molecular complexity index is 421. The van der Waals surface area contributed by atoms with Crippen LogP contribution in [-0.4, -0.2) is 24.4 Å². The van der Waals surface area contributed by atoms with Crippen molar-refractivity contribution in [2.45, 2.75) is 24.8 Å². The van der Waals surface area contributed by atoms with Gasteiger partial charge in [0.25, 0.3) is 5.91 Å². The molecule has 1 aromatic carbocycles. The minimum atomic E-state index is -0.550. The van der Waals surface area contributed by atoms with Gasteiger partial charge in [0.05, 0.1) is 0 Å². The van der Waals surface area contributed by atoms with Gasteiger partial charge in [0.1, 0.15) is 6.04 Å². The highest BCUT2D eigenvalue weighted by Crippen LogP contribution is 2.08. The molecule has 0 spiro atoms. The second kappa shape index (κ2) is 6.30. The van der Waals surface area contributed by atoms with Crippen molar-refractivity contribution in [3.8, 4) is 0 Å². The van der Waals surface area contributed by atoms with Crippen LogP contribution in [0.4, 0.5) is 0 Å². The van der Waals surface area contributed by atoms with E-state index in [0.717, 1.165) is 0 Å². The first-order valence-electron chi connectivity index (χ1n) is 5.42. The van der Waals surface area contributed by atoms with Gasteiger partial charge in [-0.25, -0.2) is 0 Å². The zero-order valence-corrected chi connectivity index (χ0v) is 10.8. The van der Waals surface area contributed by atoms with Crippen LogP contribution in [0.15, 0.2) is 29.2 Å². The van der Waals surface area contributed by atoms with Gasteiger partial charge in [-0.1, -0.05) is 6.07 Å². The van der Waals surface area contributed by atoms with Crippen LogP contribution in [0.5, 0.6) is 0 Å². The molecule has 1 atom stereocenters. The number of hydrogen-bond acceptors (Lipinski definition) is 3. The van der Waals surface area contributed by atoms with Gasteiger partial charge in [0, 0.05) is 17.0 Å². The summed E-state index contributed by atoms with van der Waals surface area (Å²) in [4.78, 5) is 23.9. The normalized spacial score (nSPS) is 11.7. The average molecular weight is 252 g/mol. The summed E-state index contributed by atoms with van der Waals surface area (Å²) in [6.07, 6.45) is 0. The maximum absolute atomic E-state index is 11.8. The Morgan fingerprint density at radius 2 is 2.12 bits per heavy atom. The van der Waals surface area contributed by atoms with Crippen LogP contribution in [-0.2, 0) is 4.79 Å². The smallest absolute Gasteiger partial charge is 0.251 e. The van der Waals surface area contributed by atoms with Crippen LogP contribution in [0.1, 0.15) is 24.2 Å². The lowest BCUT2D eigenvalue weighted by molar-refractivity contribution is -0.122. The highest BCUT2D eigenvalue weighted by molar-refractivity contribution is 7.80. The molecule has 0 aliphatic rings. The molecule has 0 saturated carbocycles. The lowest BCUT2D eigenvalue weighted by Crippen LogP contribution is -2.44. The first-order valence-corrected chi connectivity index (χ1v) is 5.87. The molecule has 1 unspecified atom stereocenters. The highest BCUT2D eigenvalue weighted by atomic mass is 32.1. The maximum Gasteiger partial charge on any atom is 0.251 e. The zero-order chi connectivity index (χ0) is 12.8. The molecule has 0 heterocycles. The lowest BCUT2D eigenvalue weighted by Gasteiger charge is -2.13. The zero-order valence-electron chi connectivity index (χ0n) is 9.86. The van der Waals surface area contributed by atoms with Gasteiger partial charge in [0.15, 0.2) is 0 Å². The molecule has 0 aromatic heterocycles. The van der Waals surface area contributed by atoms with Crippen molar-refractivity contribution in [2.24, 2.45) is 0 Å². The first-order chi connectivity index (χ1) is 8.04. The van der Waals surface area contributed by atoms with Crippen molar-refractivity contribution < 1.29 is 9.59 Å². The molecule has 2 amide bonds. The lowest BCUT2D eigenvalue weighted by atomic mass is 10.2. The van der Waals surface area contributed by atoms with Crippen LogP contribution in [0.25, 0.3) is 0 Å². The fourth-order valence-electron chi connectivity index (χ4n) is 1.32. The van der Waals surface area contributed by atoms with Crippen molar-refractivity contribution in [3.05, 3.63) is 29.8 Å². The summed E-state index contributed by atoms with van der Waals surface area (Å²) >= 11 is 4.15. The fraction of sp³-hybridized carbons (Fsp3) is 0.333. The molecular formula is C12H16N2O2S. The summed E-state index contributed by atoms with van der Waals surface area (Å²) in [5, 5.41) is 5.27. The Morgan fingerprint density at radius 1 is 1.41 bits per heavy atom. The summed E-state index contributed by atoms with van der Waals surface area (Å²) in [5.41, 5.74) is 0.494. The van der Waals surface area contributed by atoms with Gasteiger partial charge in [0.2, 0.25) is 5.91 Å². The summed E-state index contributed by atoms with van der Waals surface area (Å²) in [5.74, 6) is -0.470. The minimum Gasteiger partial charge on any atom is -0.355 e. The minimum absolute atomic E-state index is 0.192. The van der Waals surface area contributed by atoms with Crippen molar-refractivity contribution in [2.75, 3.05) is 6.54 Å². The number of amides is 2. The molecular weight excluding hydrogens is 236 g/mol. The number of likely N-dealkylation sites (N-methyl/N-ethyl adjacent to an activating group) is 1. The molecule has 2 N–H and O–H groups in total. The van der Waals surface area contributed by atoms with Crippen LogP contribution < -0.4 is 10.6 Å². The monoisotopic (exact) mass is 252 g/mol. The fourth-order valence-corrected chi connectivity index (χ4v) is 1.55. The van der Waals surface area contributed by atoms with E-state index >= 15 is 0 Å². The van der Waals surface area contributed by atoms with Crippen LogP contribution in [0.2, 0.25) is 0 Å². The molecule has 0 radical (unpaired) electrons. The topological polar surface area (TPSA) is 58.2 Å².